The first kappa shape index (κ1) is 20.0. The van der Waals surface area contributed by atoms with E-state index in [-0.39, 0.29) is 5.91 Å². The molecule has 1 unspecified atom stereocenters. The summed E-state index contributed by atoms with van der Waals surface area (Å²) in [4.78, 5) is 17.8. The monoisotopic (exact) mass is 372 g/mol. The Morgan fingerprint density at radius 1 is 1.23 bits per heavy atom. The van der Waals surface area contributed by atoms with E-state index in [1.165, 1.54) is 4.88 Å². The molecule has 26 heavy (non-hydrogen) atoms. The molecule has 0 aliphatic carbocycles. The van der Waals surface area contributed by atoms with Crippen LogP contribution in [-0.4, -0.2) is 32.0 Å². The molecular weight excluding hydrogens is 344 g/mol. The van der Waals surface area contributed by atoms with E-state index >= 15 is 0 Å². The lowest BCUT2D eigenvalue weighted by atomic mass is 10.1. The van der Waals surface area contributed by atoms with Crippen molar-refractivity contribution >= 4 is 23.2 Å². The van der Waals surface area contributed by atoms with Crippen molar-refractivity contribution < 1.29 is 4.79 Å². The SMILES string of the molecule is CCNC(=NCc1cccc(C(=O)NC)c1)NCC(C)Cc1cccs1. The first-order chi connectivity index (χ1) is 12.6. The zero-order valence-electron chi connectivity index (χ0n) is 15.7. The van der Waals surface area contributed by atoms with Crippen molar-refractivity contribution in [1.82, 2.24) is 16.0 Å². The molecule has 0 aliphatic heterocycles. The summed E-state index contributed by atoms with van der Waals surface area (Å²) in [6.45, 7) is 6.49. The van der Waals surface area contributed by atoms with Crippen molar-refractivity contribution in [3.05, 3.63) is 57.8 Å². The molecule has 1 atom stereocenters. The maximum absolute atomic E-state index is 11.7. The fourth-order valence-corrected chi connectivity index (χ4v) is 3.45. The minimum absolute atomic E-state index is 0.0803. The number of hydrogen-bond donors (Lipinski definition) is 3. The first-order valence-electron chi connectivity index (χ1n) is 8.98. The van der Waals surface area contributed by atoms with E-state index in [2.05, 4.69) is 52.3 Å². The third-order valence-corrected chi connectivity index (χ3v) is 4.83. The van der Waals surface area contributed by atoms with Crippen molar-refractivity contribution in [2.24, 2.45) is 10.9 Å². The Balaban J connectivity index is 1.92. The number of rotatable bonds is 8. The topological polar surface area (TPSA) is 65.5 Å². The Hall–Kier alpha value is -2.34. The summed E-state index contributed by atoms with van der Waals surface area (Å²) in [5, 5.41) is 11.5. The summed E-state index contributed by atoms with van der Waals surface area (Å²) in [6, 6.07) is 11.8. The maximum atomic E-state index is 11.7. The van der Waals surface area contributed by atoms with Crippen LogP contribution in [0.5, 0.6) is 0 Å². The van der Waals surface area contributed by atoms with Gasteiger partial charge in [0.05, 0.1) is 6.54 Å². The molecule has 1 heterocycles. The highest BCUT2D eigenvalue weighted by Gasteiger charge is 2.07. The zero-order valence-corrected chi connectivity index (χ0v) is 16.5. The van der Waals surface area contributed by atoms with Gasteiger partial charge in [-0.05, 0) is 48.4 Å². The van der Waals surface area contributed by atoms with Gasteiger partial charge in [0, 0.05) is 30.6 Å². The molecule has 0 bridgehead atoms. The average Bonchev–Trinajstić information content (AvgIpc) is 3.16. The smallest absolute Gasteiger partial charge is 0.251 e. The minimum atomic E-state index is -0.0803. The third-order valence-electron chi connectivity index (χ3n) is 3.93. The van der Waals surface area contributed by atoms with E-state index < -0.39 is 0 Å². The van der Waals surface area contributed by atoms with Gasteiger partial charge >= 0.3 is 0 Å². The highest BCUT2D eigenvalue weighted by Crippen LogP contribution is 2.13. The molecule has 0 saturated carbocycles. The molecule has 1 aromatic carbocycles. The largest absolute Gasteiger partial charge is 0.357 e. The second kappa shape index (κ2) is 10.6. The predicted molar refractivity (Wildman–Crippen MR) is 110 cm³/mol. The molecule has 5 nitrogen and oxygen atoms in total. The van der Waals surface area contributed by atoms with Crippen molar-refractivity contribution in [1.29, 1.82) is 0 Å². The Labute approximate surface area is 159 Å². The van der Waals surface area contributed by atoms with Crippen LogP contribution in [0.2, 0.25) is 0 Å². The highest BCUT2D eigenvalue weighted by atomic mass is 32.1. The molecule has 6 heteroatoms. The van der Waals surface area contributed by atoms with Crippen LogP contribution in [0, 0.1) is 5.92 Å². The summed E-state index contributed by atoms with van der Waals surface area (Å²) >= 11 is 1.80. The Bertz CT molecular complexity index is 712. The summed E-state index contributed by atoms with van der Waals surface area (Å²) in [6.07, 6.45) is 1.07. The molecule has 1 amide bonds. The van der Waals surface area contributed by atoms with Crippen molar-refractivity contribution in [3.63, 3.8) is 0 Å². The second-order valence-corrected chi connectivity index (χ2v) is 7.28. The number of nitrogens with one attached hydrogen (secondary N) is 3. The second-order valence-electron chi connectivity index (χ2n) is 6.24. The number of guanidine groups is 1. The van der Waals surface area contributed by atoms with E-state index in [0.717, 1.165) is 31.0 Å². The fraction of sp³-hybridized carbons (Fsp3) is 0.400. The summed E-state index contributed by atoms with van der Waals surface area (Å²) < 4.78 is 0. The van der Waals surface area contributed by atoms with Crippen molar-refractivity contribution in [3.8, 4) is 0 Å². The average molecular weight is 373 g/mol. The van der Waals surface area contributed by atoms with Crippen LogP contribution in [0.15, 0.2) is 46.8 Å². The van der Waals surface area contributed by atoms with Gasteiger partial charge < -0.3 is 16.0 Å². The molecule has 2 rings (SSSR count). The molecule has 0 radical (unpaired) electrons. The van der Waals surface area contributed by atoms with Crippen molar-refractivity contribution in [2.45, 2.75) is 26.8 Å². The number of carbonyl (C=O) groups excluding carboxylic acids is 1. The van der Waals surface area contributed by atoms with Gasteiger partial charge in [0.1, 0.15) is 0 Å². The quantitative estimate of drug-likeness (QED) is 0.493. The molecule has 0 fully saturated rings. The van der Waals surface area contributed by atoms with E-state index in [9.17, 15) is 4.79 Å². The van der Waals surface area contributed by atoms with Crippen LogP contribution in [0.1, 0.15) is 34.6 Å². The molecule has 0 saturated heterocycles. The van der Waals surface area contributed by atoms with Gasteiger partial charge in [-0.2, -0.15) is 0 Å². The third kappa shape index (κ3) is 6.52. The number of carbonyl (C=O) groups is 1. The molecular formula is C20H28N4OS. The van der Waals surface area contributed by atoms with E-state index in [1.807, 2.05) is 24.3 Å². The van der Waals surface area contributed by atoms with Crippen LogP contribution in [0.4, 0.5) is 0 Å². The fourth-order valence-electron chi connectivity index (χ4n) is 2.58. The van der Waals surface area contributed by atoms with Crippen LogP contribution in [0.25, 0.3) is 0 Å². The number of amides is 1. The lowest BCUT2D eigenvalue weighted by Gasteiger charge is -2.15. The summed E-state index contributed by atoms with van der Waals surface area (Å²) in [7, 11) is 1.64. The minimum Gasteiger partial charge on any atom is -0.357 e. The summed E-state index contributed by atoms with van der Waals surface area (Å²) in [5.41, 5.74) is 1.66. The highest BCUT2D eigenvalue weighted by molar-refractivity contribution is 7.09. The Morgan fingerprint density at radius 2 is 2.08 bits per heavy atom. The Morgan fingerprint density at radius 3 is 2.77 bits per heavy atom. The van der Waals surface area contributed by atoms with Gasteiger partial charge in [0.15, 0.2) is 5.96 Å². The van der Waals surface area contributed by atoms with Gasteiger partial charge in [-0.25, -0.2) is 4.99 Å². The van der Waals surface area contributed by atoms with E-state index in [0.29, 0.717) is 18.0 Å². The lowest BCUT2D eigenvalue weighted by Crippen LogP contribution is -2.39. The Kier molecular flexibility index (Phi) is 8.15. The zero-order chi connectivity index (χ0) is 18.8. The number of thiophene rings is 1. The molecule has 1 aromatic heterocycles. The number of nitrogens with zero attached hydrogens (tertiary/aromatic N) is 1. The molecule has 2 aromatic rings. The normalized spacial score (nSPS) is 12.5. The number of hydrogen-bond acceptors (Lipinski definition) is 3. The molecule has 140 valence electrons. The van der Waals surface area contributed by atoms with Crippen LogP contribution < -0.4 is 16.0 Å². The number of aliphatic imine (C=N–C) groups is 1. The van der Waals surface area contributed by atoms with Gasteiger partial charge in [-0.15, -0.1) is 11.3 Å². The van der Waals surface area contributed by atoms with Crippen LogP contribution in [0.3, 0.4) is 0 Å². The standard InChI is InChI=1S/C20H28N4OS/c1-4-22-20(23-13-15(2)11-18-9-6-10-26-18)24-14-16-7-5-8-17(12-16)19(25)21-3/h5-10,12,15H,4,11,13-14H2,1-3H3,(H,21,25)(H2,22,23,24). The lowest BCUT2D eigenvalue weighted by molar-refractivity contribution is 0.0963. The summed E-state index contributed by atoms with van der Waals surface area (Å²) in [5.74, 6) is 1.24. The van der Waals surface area contributed by atoms with Gasteiger partial charge in [-0.1, -0.05) is 25.1 Å². The van der Waals surface area contributed by atoms with Crippen LogP contribution in [-0.2, 0) is 13.0 Å². The molecule has 0 aliphatic rings. The van der Waals surface area contributed by atoms with Gasteiger partial charge in [0.25, 0.3) is 5.91 Å². The van der Waals surface area contributed by atoms with Gasteiger partial charge in [0.2, 0.25) is 0 Å². The van der Waals surface area contributed by atoms with Crippen molar-refractivity contribution in [2.75, 3.05) is 20.1 Å². The first-order valence-corrected chi connectivity index (χ1v) is 9.86. The number of benzene rings is 1. The predicted octanol–water partition coefficient (Wildman–Crippen LogP) is 3.04. The van der Waals surface area contributed by atoms with E-state index in [4.69, 9.17) is 0 Å². The van der Waals surface area contributed by atoms with Gasteiger partial charge in [-0.3, -0.25) is 4.79 Å². The molecule has 3 N–H and O–H groups in total. The van der Waals surface area contributed by atoms with Crippen LogP contribution >= 0.6 is 11.3 Å². The maximum Gasteiger partial charge on any atom is 0.251 e. The molecule has 0 spiro atoms. The van der Waals surface area contributed by atoms with E-state index in [1.54, 1.807) is 18.4 Å².